The first kappa shape index (κ1) is 20.3. The molecule has 0 aliphatic heterocycles. The van der Waals surface area contributed by atoms with Gasteiger partial charge in [-0.05, 0) is 43.5 Å². The molecule has 0 radical (unpaired) electrons. The average molecular weight is 365 g/mol. The van der Waals surface area contributed by atoms with Gasteiger partial charge in [-0.15, -0.1) is 0 Å². The standard InChI is InChI=1S/C21H26N2.Ni/c1-3-5-8-17-21(23-19-15-11-7-12-16-19)20(4-2)22-18-13-9-6-10-14-18;/h6-7,9-16H,3-5,8,17H2,1-2H3;. The molecule has 0 fully saturated rings. The van der Waals surface area contributed by atoms with E-state index in [9.17, 15) is 0 Å². The maximum Gasteiger partial charge on any atom is 0.0633 e. The first-order chi connectivity index (χ1) is 11.3. The molecule has 2 aromatic rings. The predicted octanol–water partition coefficient (Wildman–Crippen LogP) is 6.52. The zero-order valence-electron chi connectivity index (χ0n) is 14.5. The van der Waals surface area contributed by atoms with E-state index in [-0.39, 0.29) is 16.5 Å². The van der Waals surface area contributed by atoms with Crippen LogP contribution in [0.5, 0.6) is 0 Å². The van der Waals surface area contributed by atoms with Crippen LogP contribution >= 0.6 is 0 Å². The largest absolute Gasteiger partial charge is 0.252 e. The van der Waals surface area contributed by atoms with Gasteiger partial charge in [0.15, 0.2) is 0 Å². The van der Waals surface area contributed by atoms with E-state index in [1.54, 1.807) is 0 Å². The third-order valence-electron chi connectivity index (χ3n) is 3.73. The second-order valence-corrected chi connectivity index (χ2v) is 5.60. The van der Waals surface area contributed by atoms with Crippen molar-refractivity contribution in [1.29, 1.82) is 0 Å². The van der Waals surface area contributed by atoms with Crippen LogP contribution in [0.25, 0.3) is 0 Å². The van der Waals surface area contributed by atoms with Crippen LogP contribution in [0.4, 0.5) is 11.4 Å². The van der Waals surface area contributed by atoms with Crippen molar-refractivity contribution < 1.29 is 16.5 Å². The number of nitrogens with zero attached hydrogens (tertiary/aromatic N) is 2. The molecule has 0 N–H and O–H groups in total. The molecule has 0 aliphatic carbocycles. The van der Waals surface area contributed by atoms with Gasteiger partial charge in [0, 0.05) is 16.5 Å². The van der Waals surface area contributed by atoms with Gasteiger partial charge in [-0.2, -0.15) is 0 Å². The Morgan fingerprint density at radius 1 is 0.708 bits per heavy atom. The Bertz CT molecular complexity index is 633. The first-order valence-electron chi connectivity index (χ1n) is 8.59. The molecule has 0 aliphatic rings. The fourth-order valence-corrected chi connectivity index (χ4v) is 2.47. The predicted molar refractivity (Wildman–Crippen MR) is 102 cm³/mol. The molecular weight excluding hydrogens is 339 g/mol. The van der Waals surface area contributed by atoms with Crippen molar-refractivity contribution in [3.63, 3.8) is 0 Å². The third kappa shape index (κ3) is 6.80. The molecule has 0 aromatic heterocycles. The van der Waals surface area contributed by atoms with Gasteiger partial charge in [0.05, 0.1) is 22.8 Å². The van der Waals surface area contributed by atoms with E-state index in [0.29, 0.717) is 0 Å². The zero-order valence-corrected chi connectivity index (χ0v) is 15.5. The maximum absolute atomic E-state index is 4.88. The van der Waals surface area contributed by atoms with Gasteiger partial charge in [-0.3, -0.25) is 9.98 Å². The quantitative estimate of drug-likeness (QED) is 0.289. The summed E-state index contributed by atoms with van der Waals surface area (Å²) in [6.45, 7) is 4.38. The second-order valence-electron chi connectivity index (χ2n) is 5.60. The van der Waals surface area contributed by atoms with E-state index in [4.69, 9.17) is 9.98 Å². The average Bonchev–Trinajstić information content (AvgIpc) is 2.61. The van der Waals surface area contributed by atoms with Gasteiger partial charge < -0.3 is 0 Å². The van der Waals surface area contributed by atoms with Crippen LogP contribution in [0.3, 0.4) is 0 Å². The minimum Gasteiger partial charge on any atom is -0.252 e. The van der Waals surface area contributed by atoms with Crippen molar-refractivity contribution in [1.82, 2.24) is 0 Å². The number of aliphatic imine (C=N–C) groups is 2. The molecule has 0 heterocycles. The van der Waals surface area contributed by atoms with Crippen LogP contribution < -0.4 is 0 Å². The Morgan fingerprint density at radius 3 is 1.67 bits per heavy atom. The summed E-state index contributed by atoms with van der Waals surface area (Å²) in [5, 5.41) is 0. The Hall–Kier alpha value is -1.73. The number of benzene rings is 2. The Labute approximate surface area is 156 Å². The van der Waals surface area contributed by atoms with Gasteiger partial charge in [0.25, 0.3) is 0 Å². The van der Waals surface area contributed by atoms with E-state index >= 15 is 0 Å². The number of hydrogen-bond acceptors (Lipinski definition) is 2. The molecule has 130 valence electrons. The van der Waals surface area contributed by atoms with Gasteiger partial charge in [0.1, 0.15) is 0 Å². The van der Waals surface area contributed by atoms with Crippen LogP contribution in [0.1, 0.15) is 46.0 Å². The normalized spacial score (nSPS) is 11.9. The smallest absolute Gasteiger partial charge is 0.0633 e. The molecule has 2 nitrogen and oxygen atoms in total. The minimum atomic E-state index is 0. The van der Waals surface area contributed by atoms with Gasteiger partial charge in [0.2, 0.25) is 0 Å². The third-order valence-corrected chi connectivity index (χ3v) is 3.73. The first-order valence-corrected chi connectivity index (χ1v) is 8.59. The van der Waals surface area contributed by atoms with E-state index in [0.717, 1.165) is 42.1 Å². The Morgan fingerprint density at radius 2 is 1.21 bits per heavy atom. The monoisotopic (exact) mass is 364 g/mol. The molecular formula is C21H26N2Ni. The summed E-state index contributed by atoms with van der Waals surface area (Å²) in [5.74, 6) is 0. The van der Waals surface area contributed by atoms with Crippen LogP contribution in [0, 0.1) is 0 Å². The number of rotatable bonds is 8. The summed E-state index contributed by atoms with van der Waals surface area (Å²) < 4.78 is 0. The van der Waals surface area contributed by atoms with E-state index in [1.807, 2.05) is 48.5 Å². The van der Waals surface area contributed by atoms with Crippen molar-refractivity contribution >= 4 is 22.8 Å². The van der Waals surface area contributed by atoms with Crippen molar-refractivity contribution in [3.05, 3.63) is 60.7 Å². The number of hydrogen-bond donors (Lipinski definition) is 0. The summed E-state index contributed by atoms with van der Waals surface area (Å²) in [7, 11) is 0. The summed E-state index contributed by atoms with van der Waals surface area (Å²) in [6, 6.07) is 20.3. The van der Waals surface area contributed by atoms with Crippen molar-refractivity contribution in [3.8, 4) is 0 Å². The zero-order chi connectivity index (χ0) is 16.3. The van der Waals surface area contributed by atoms with Gasteiger partial charge in [-0.1, -0.05) is 63.1 Å². The van der Waals surface area contributed by atoms with Crippen molar-refractivity contribution in [2.45, 2.75) is 46.0 Å². The van der Waals surface area contributed by atoms with Crippen molar-refractivity contribution in [2.24, 2.45) is 9.98 Å². The van der Waals surface area contributed by atoms with E-state index in [1.165, 1.54) is 12.8 Å². The minimum absolute atomic E-state index is 0. The fourth-order valence-electron chi connectivity index (χ4n) is 2.47. The molecule has 0 amide bonds. The van der Waals surface area contributed by atoms with Crippen LogP contribution in [0.15, 0.2) is 70.6 Å². The molecule has 0 unspecified atom stereocenters. The molecule has 3 heteroatoms. The molecule has 0 spiro atoms. The molecule has 2 rings (SSSR count). The van der Waals surface area contributed by atoms with Gasteiger partial charge in [-0.25, -0.2) is 0 Å². The summed E-state index contributed by atoms with van der Waals surface area (Å²) in [5.41, 5.74) is 4.22. The summed E-state index contributed by atoms with van der Waals surface area (Å²) in [4.78, 5) is 9.72. The van der Waals surface area contributed by atoms with Crippen LogP contribution in [-0.2, 0) is 16.5 Å². The molecule has 0 bridgehead atoms. The SMILES string of the molecule is CCCCCC(=Nc1ccccc1)C(CC)=Nc1ccccc1.[Ni]. The summed E-state index contributed by atoms with van der Waals surface area (Å²) >= 11 is 0. The number of unbranched alkanes of at least 4 members (excludes halogenated alkanes) is 2. The van der Waals surface area contributed by atoms with Gasteiger partial charge >= 0.3 is 0 Å². The van der Waals surface area contributed by atoms with Crippen LogP contribution in [-0.4, -0.2) is 11.4 Å². The van der Waals surface area contributed by atoms with Crippen LogP contribution in [0.2, 0.25) is 0 Å². The molecule has 2 aromatic carbocycles. The maximum atomic E-state index is 4.88. The molecule has 0 saturated heterocycles. The molecule has 0 atom stereocenters. The van der Waals surface area contributed by atoms with E-state index < -0.39 is 0 Å². The summed E-state index contributed by atoms with van der Waals surface area (Å²) in [6.07, 6.45) is 5.50. The fraction of sp³-hybridized carbons (Fsp3) is 0.333. The topological polar surface area (TPSA) is 24.7 Å². The second kappa shape index (κ2) is 11.8. The Balaban J connectivity index is 0.00000288. The van der Waals surface area contributed by atoms with E-state index in [2.05, 4.69) is 26.0 Å². The van der Waals surface area contributed by atoms with Crippen molar-refractivity contribution in [2.75, 3.05) is 0 Å². The number of para-hydroxylation sites is 2. The molecule has 24 heavy (non-hydrogen) atoms. The molecule has 0 saturated carbocycles. The Kier molecular flexibility index (Phi) is 9.95.